The van der Waals surface area contributed by atoms with Crippen LogP contribution in [0, 0.1) is 0 Å². The Bertz CT molecular complexity index is 454. The van der Waals surface area contributed by atoms with E-state index in [0.717, 1.165) is 49.5 Å². The van der Waals surface area contributed by atoms with E-state index in [1.165, 1.54) is 0 Å². The Labute approximate surface area is 138 Å². The topological polar surface area (TPSA) is 32.3 Å². The number of carbonyl (C=O) groups excluding carboxylic acids is 1. The second-order valence-corrected chi connectivity index (χ2v) is 5.76. The van der Waals surface area contributed by atoms with Crippen LogP contribution in [-0.4, -0.2) is 30.4 Å². The second-order valence-electron chi connectivity index (χ2n) is 5.32. The van der Waals surface area contributed by atoms with Crippen molar-refractivity contribution in [2.24, 2.45) is 0 Å². The largest absolute Gasteiger partial charge is 0.333 e. The average molecular weight is 331 g/mol. The van der Waals surface area contributed by atoms with Gasteiger partial charge in [0.25, 0.3) is 0 Å². The number of piperazine rings is 1. The van der Waals surface area contributed by atoms with E-state index >= 15 is 0 Å². The van der Waals surface area contributed by atoms with Crippen LogP contribution in [0.3, 0.4) is 0 Å². The molecule has 1 saturated heterocycles. The molecule has 1 amide bonds. The second kappa shape index (κ2) is 9.29. The third-order valence-corrected chi connectivity index (χ3v) is 4.03. The fourth-order valence-corrected chi connectivity index (χ4v) is 2.88. The summed E-state index contributed by atoms with van der Waals surface area (Å²) in [6, 6.07) is 7.94. The highest BCUT2D eigenvalue weighted by molar-refractivity contribution is 6.30. The standard InChI is InChI=1S/C16H23ClN2O.ClH/c1-2-3-4-8-16(20)19-10-9-18-12-15(19)13-6-5-7-14(17)11-13;/h5-7,11,15,18H,2-4,8-10,12H2,1H3;1H. The number of carbonyl (C=O) groups is 1. The van der Waals surface area contributed by atoms with Crippen LogP contribution in [0.4, 0.5) is 0 Å². The van der Waals surface area contributed by atoms with Gasteiger partial charge in [-0.25, -0.2) is 0 Å². The van der Waals surface area contributed by atoms with Gasteiger partial charge in [-0.3, -0.25) is 4.79 Å². The Morgan fingerprint density at radius 1 is 1.43 bits per heavy atom. The highest BCUT2D eigenvalue weighted by Crippen LogP contribution is 2.25. The van der Waals surface area contributed by atoms with E-state index in [1.807, 2.05) is 23.1 Å². The molecule has 1 heterocycles. The summed E-state index contributed by atoms with van der Waals surface area (Å²) in [6.45, 7) is 4.61. The lowest BCUT2D eigenvalue weighted by Gasteiger charge is -2.36. The predicted molar refractivity (Wildman–Crippen MR) is 90.2 cm³/mol. The van der Waals surface area contributed by atoms with Crippen molar-refractivity contribution in [1.29, 1.82) is 0 Å². The molecule has 0 aliphatic carbocycles. The van der Waals surface area contributed by atoms with Gasteiger partial charge in [-0.2, -0.15) is 0 Å². The smallest absolute Gasteiger partial charge is 0.223 e. The molecule has 0 radical (unpaired) electrons. The van der Waals surface area contributed by atoms with Gasteiger partial charge in [-0.05, 0) is 24.1 Å². The molecule has 0 spiro atoms. The number of benzene rings is 1. The van der Waals surface area contributed by atoms with Gasteiger partial charge < -0.3 is 10.2 Å². The van der Waals surface area contributed by atoms with Gasteiger partial charge >= 0.3 is 0 Å². The molecule has 0 saturated carbocycles. The Morgan fingerprint density at radius 3 is 2.95 bits per heavy atom. The molecule has 1 aliphatic heterocycles. The first-order valence-electron chi connectivity index (χ1n) is 7.48. The molecule has 5 heteroatoms. The highest BCUT2D eigenvalue weighted by Gasteiger charge is 2.27. The number of halogens is 2. The SMILES string of the molecule is CCCCCC(=O)N1CCNCC1c1cccc(Cl)c1.Cl. The summed E-state index contributed by atoms with van der Waals surface area (Å²) < 4.78 is 0. The fraction of sp³-hybridized carbons (Fsp3) is 0.562. The van der Waals surface area contributed by atoms with E-state index in [4.69, 9.17) is 11.6 Å². The van der Waals surface area contributed by atoms with E-state index in [-0.39, 0.29) is 24.4 Å². The van der Waals surface area contributed by atoms with Crippen molar-refractivity contribution in [3.63, 3.8) is 0 Å². The zero-order chi connectivity index (χ0) is 14.4. The molecule has 1 fully saturated rings. The summed E-state index contributed by atoms with van der Waals surface area (Å²) in [6.07, 6.45) is 3.92. The lowest BCUT2D eigenvalue weighted by molar-refractivity contribution is -0.134. The maximum atomic E-state index is 12.4. The van der Waals surface area contributed by atoms with Gasteiger partial charge in [0.05, 0.1) is 6.04 Å². The summed E-state index contributed by atoms with van der Waals surface area (Å²) >= 11 is 6.07. The minimum atomic E-state index is 0. The lowest BCUT2D eigenvalue weighted by Crippen LogP contribution is -2.48. The summed E-state index contributed by atoms with van der Waals surface area (Å²) in [4.78, 5) is 14.4. The Hall–Kier alpha value is -0.770. The van der Waals surface area contributed by atoms with E-state index < -0.39 is 0 Å². The molecule has 1 aromatic rings. The van der Waals surface area contributed by atoms with Crippen LogP contribution in [0.25, 0.3) is 0 Å². The third-order valence-electron chi connectivity index (χ3n) is 3.79. The zero-order valence-electron chi connectivity index (χ0n) is 12.5. The van der Waals surface area contributed by atoms with E-state index in [9.17, 15) is 4.79 Å². The number of amides is 1. The Morgan fingerprint density at radius 2 is 2.24 bits per heavy atom. The van der Waals surface area contributed by atoms with Crippen molar-refractivity contribution in [1.82, 2.24) is 10.2 Å². The maximum Gasteiger partial charge on any atom is 0.223 e. The molecular weight excluding hydrogens is 307 g/mol. The first kappa shape index (κ1) is 18.3. The van der Waals surface area contributed by atoms with Crippen LogP contribution in [-0.2, 0) is 4.79 Å². The Kier molecular flexibility index (Phi) is 8.09. The number of hydrogen-bond acceptors (Lipinski definition) is 2. The van der Waals surface area contributed by atoms with Crippen molar-refractivity contribution in [2.45, 2.75) is 38.6 Å². The van der Waals surface area contributed by atoms with Gasteiger partial charge in [0.2, 0.25) is 5.91 Å². The van der Waals surface area contributed by atoms with E-state index in [1.54, 1.807) is 0 Å². The van der Waals surface area contributed by atoms with Crippen LogP contribution >= 0.6 is 24.0 Å². The van der Waals surface area contributed by atoms with Crippen LogP contribution in [0.5, 0.6) is 0 Å². The van der Waals surface area contributed by atoms with Gasteiger partial charge in [-0.1, -0.05) is 43.5 Å². The maximum absolute atomic E-state index is 12.4. The monoisotopic (exact) mass is 330 g/mol. The number of rotatable bonds is 5. The fourth-order valence-electron chi connectivity index (χ4n) is 2.68. The molecule has 3 nitrogen and oxygen atoms in total. The zero-order valence-corrected chi connectivity index (χ0v) is 14.1. The molecule has 1 N–H and O–H groups in total. The molecule has 118 valence electrons. The highest BCUT2D eigenvalue weighted by atomic mass is 35.5. The van der Waals surface area contributed by atoms with Gasteiger partial charge in [-0.15, -0.1) is 12.4 Å². The van der Waals surface area contributed by atoms with Crippen molar-refractivity contribution < 1.29 is 4.79 Å². The van der Waals surface area contributed by atoms with Crippen molar-refractivity contribution in [3.05, 3.63) is 34.9 Å². The third kappa shape index (κ3) is 5.17. The normalized spacial score (nSPS) is 18.2. The molecule has 1 unspecified atom stereocenters. The summed E-state index contributed by atoms with van der Waals surface area (Å²) in [5.41, 5.74) is 1.12. The molecule has 21 heavy (non-hydrogen) atoms. The summed E-state index contributed by atoms with van der Waals surface area (Å²) in [5.74, 6) is 0.268. The summed E-state index contributed by atoms with van der Waals surface area (Å²) in [7, 11) is 0. The number of nitrogens with one attached hydrogen (secondary N) is 1. The van der Waals surface area contributed by atoms with Gasteiger partial charge in [0.15, 0.2) is 0 Å². The predicted octanol–water partition coefficient (Wildman–Crippen LogP) is 3.82. The molecule has 2 rings (SSSR count). The van der Waals surface area contributed by atoms with Gasteiger partial charge in [0.1, 0.15) is 0 Å². The number of hydrogen-bond donors (Lipinski definition) is 1. The van der Waals surface area contributed by atoms with Crippen molar-refractivity contribution >= 4 is 29.9 Å². The average Bonchev–Trinajstić information content (AvgIpc) is 2.47. The lowest BCUT2D eigenvalue weighted by atomic mass is 10.0. The van der Waals surface area contributed by atoms with Gasteiger partial charge in [0, 0.05) is 31.1 Å². The first-order chi connectivity index (χ1) is 9.72. The van der Waals surface area contributed by atoms with Crippen LogP contribution in [0.2, 0.25) is 5.02 Å². The molecule has 1 aromatic carbocycles. The van der Waals surface area contributed by atoms with Crippen LogP contribution in [0.15, 0.2) is 24.3 Å². The van der Waals surface area contributed by atoms with Crippen LogP contribution in [0.1, 0.15) is 44.2 Å². The Balaban J connectivity index is 0.00000220. The minimum absolute atomic E-state index is 0. The number of unbranched alkanes of at least 4 members (excludes halogenated alkanes) is 2. The molecular formula is C16H24Cl2N2O. The number of nitrogens with zero attached hydrogens (tertiary/aromatic N) is 1. The van der Waals surface area contributed by atoms with Crippen LogP contribution < -0.4 is 5.32 Å². The minimum Gasteiger partial charge on any atom is -0.333 e. The molecule has 1 atom stereocenters. The van der Waals surface area contributed by atoms with Crippen molar-refractivity contribution in [3.8, 4) is 0 Å². The van der Waals surface area contributed by atoms with E-state index in [0.29, 0.717) is 6.42 Å². The summed E-state index contributed by atoms with van der Waals surface area (Å²) in [5, 5.41) is 4.10. The molecule has 1 aliphatic rings. The quantitative estimate of drug-likeness (QED) is 0.832. The van der Waals surface area contributed by atoms with E-state index in [2.05, 4.69) is 18.3 Å². The molecule has 0 aromatic heterocycles. The molecule has 0 bridgehead atoms. The van der Waals surface area contributed by atoms with Crippen molar-refractivity contribution in [2.75, 3.05) is 19.6 Å². The first-order valence-corrected chi connectivity index (χ1v) is 7.86.